The summed E-state index contributed by atoms with van der Waals surface area (Å²) in [5.74, 6) is 0.172. The lowest BCUT2D eigenvalue weighted by Gasteiger charge is -2.13. The lowest BCUT2D eigenvalue weighted by atomic mass is 10.0. The predicted molar refractivity (Wildman–Crippen MR) is 180 cm³/mol. The summed E-state index contributed by atoms with van der Waals surface area (Å²) in [6.07, 6.45) is -6.52. The second kappa shape index (κ2) is 12.7. The molecule has 0 atom stereocenters. The molecule has 0 radical (unpaired) electrons. The summed E-state index contributed by atoms with van der Waals surface area (Å²) in [5.41, 5.74) is 6.24. The molecule has 4 heterocycles. The van der Waals surface area contributed by atoms with Gasteiger partial charge in [-0.2, -0.15) is 35.0 Å². The topological polar surface area (TPSA) is 69.0 Å². The van der Waals surface area contributed by atoms with Crippen molar-refractivity contribution in [3.63, 3.8) is 0 Å². The molecule has 0 bridgehead atoms. The van der Waals surface area contributed by atoms with Crippen LogP contribution in [0.2, 0.25) is 0 Å². The van der Waals surface area contributed by atoms with Crippen molar-refractivity contribution in [3.8, 4) is 53.3 Å². The molecule has 1 aliphatic heterocycles. The predicted octanol–water partition coefficient (Wildman–Crippen LogP) is 12.2. The number of alkyl halides is 4. The quantitative estimate of drug-likeness (QED) is 0.148. The highest BCUT2D eigenvalue weighted by molar-refractivity contribution is 7.58. The van der Waals surface area contributed by atoms with E-state index >= 15 is 0 Å². The fourth-order valence-corrected chi connectivity index (χ4v) is 8.00. The zero-order chi connectivity index (χ0) is 32.6. The van der Waals surface area contributed by atoms with Crippen LogP contribution >= 0.6 is 34.4 Å². The third-order valence-electron chi connectivity index (χ3n) is 6.50. The normalized spacial score (nSPS) is 12.4. The molecule has 0 aliphatic carbocycles. The van der Waals surface area contributed by atoms with Gasteiger partial charge in [-0.15, -0.1) is 22.7 Å². The molecule has 3 aromatic heterocycles. The summed E-state index contributed by atoms with van der Waals surface area (Å²) >= 11 is 5.28. The Kier molecular flexibility index (Phi) is 8.81. The fourth-order valence-electron chi connectivity index (χ4n) is 4.77. The number of hydrogen-bond acceptors (Lipinski definition) is 9. The van der Waals surface area contributed by atoms with Crippen LogP contribution in [0.4, 0.5) is 28.9 Å². The molecule has 0 unspecified atom stereocenters. The van der Waals surface area contributed by atoms with Crippen molar-refractivity contribution in [2.24, 2.45) is 8.73 Å². The van der Waals surface area contributed by atoms with E-state index in [0.717, 1.165) is 64.8 Å². The van der Waals surface area contributed by atoms with E-state index in [4.69, 9.17) is 0 Å². The smallest absolute Gasteiger partial charge is 0.394 e. The molecule has 46 heavy (non-hydrogen) atoms. The van der Waals surface area contributed by atoms with Gasteiger partial charge >= 0.3 is 12.2 Å². The van der Waals surface area contributed by atoms with Gasteiger partial charge in [0.15, 0.2) is 0 Å². The van der Waals surface area contributed by atoms with Crippen LogP contribution in [-0.2, 0) is 11.4 Å². The summed E-state index contributed by atoms with van der Waals surface area (Å²) in [6.45, 7) is 5.40. The minimum absolute atomic E-state index is 0.0862. The van der Waals surface area contributed by atoms with Crippen molar-refractivity contribution in [1.29, 1.82) is 0 Å². The van der Waals surface area contributed by atoms with Crippen molar-refractivity contribution in [3.05, 3.63) is 72.8 Å². The number of rotatable bonds is 8. The molecule has 3 aromatic carbocycles. The van der Waals surface area contributed by atoms with E-state index in [1.165, 1.54) is 46.9 Å². The molecule has 1 aliphatic rings. The number of hydrogen-bond donors (Lipinski definition) is 0. The highest BCUT2D eigenvalue weighted by atomic mass is 32.1. The summed E-state index contributed by atoms with van der Waals surface area (Å²) < 4.78 is 80.9. The van der Waals surface area contributed by atoms with Gasteiger partial charge in [-0.05, 0) is 83.9 Å². The minimum atomic E-state index is -3.26. The van der Waals surface area contributed by atoms with Crippen LogP contribution in [-0.4, -0.2) is 21.0 Å². The Bertz CT molecular complexity index is 1940. The Morgan fingerprint density at radius 2 is 0.913 bits per heavy atom. The van der Waals surface area contributed by atoms with E-state index in [1.54, 1.807) is 24.3 Å². The number of nitrogens with zero attached hydrogens (tertiary/aromatic N) is 4. The largest absolute Gasteiger partial charge is 0.433 e. The zero-order valence-corrected chi connectivity index (χ0v) is 27.9. The van der Waals surface area contributed by atoms with Crippen molar-refractivity contribution < 1.29 is 27.0 Å². The number of fused-ring (bicyclic) bond motifs is 2. The molecular formula is C32H24F4N4O2S4. The van der Waals surface area contributed by atoms with Gasteiger partial charge in [0.05, 0.1) is 23.1 Å². The highest BCUT2D eigenvalue weighted by Crippen LogP contribution is 2.54. The van der Waals surface area contributed by atoms with E-state index in [1.807, 2.05) is 38.1 Å². The van der Waals surface area contributed by atoms with E-state index < -0.39 is 12.2 Å². The van der Waals surface area contributed by atoms with Crippen molar-refractivity contribution in [1.82, 2.24) is 8.75 Å². The lowest BCUT2D eigenvalue weighted by Crippen LogP contribution is -2.18. The second-order valence-electron chi connectivity index (χ2n) is 9.87. The Balaban J connectivity index is 0.00000182. The van der Waals surface area contributed by atoms with Crippen molar-refractivity contribution >= 4 is 68.2 Å². The summed E-state index contributed by atoms with van der Waals surface area (Å²) in [7, 11) is 0. The van der Waals surface area contributed by atoms with Crippen LogP contribution in [0.5, 0.6) is 11.5 Å². The van der Waals surface area contributed by atoms with Gasteiger partial charge in [0, 0.05) is 44.5 Å². The van der Waals surface area contributed by atoms with Crippen LogP contribution in [0.1, 0.15) is 27.7 Å². The Morgan fingerprint density at radius 1 is 0.543 bits per heavy atom. The number of aromatic nitrogens is 2. The van der Waals surface area contributed by atoms with Crippen LogP contribution in [0, 0.1) is 0 Å². The minimum Gasteiger partial charge on any atom is -0.433 e. The van der Waals surface area contributed by atoms with Gasteiger partial charge in [0.1, 0.15) is 33.9 Å². The van der Waals surface area contributed by atoms with Gasteiger partial charge < -0.3 is 9.47 Å². The summed E-state index contributed by atoms with van der Waals surface area (Å²) in [5, 5.41) is 0. The first-order valence-corrected chi connectivity index (χ1v) is 17.1. The highest BCUT2D eigenvalue weighted by Gasteiger charge is 2.28. The first-order valence-electron chi connectivity index (χ1n) is 14.0. The number of benzene rings is 3. The average molecular weight is 701 g/mol. The van der Waals surface area contributed by atoms with E-state index in [-0.39, 0.29) is 11.5 Å². The number of ether oxygens (including phenoxy) is 2. The third-order valence-corrected chi connectivity index (χ3v) is 9.86. The molecule has 236 valence electrons. The molecule has 6 nitrogen and oxygen atoms in total. The second-order valence-corrected chi connectivity index (χ2v) is 13.1. The van der Waals surface area contributed by atoms with Gasteiger partial charge in [-0.25, -0.2) is 0 Å². The maximum atomic E-state index is 13.2. The van der Waals surface area contributed by atoms with Gasteiger partial charge in [-0.3, -0.25) is 0 Å². The van der Waals surface area contributed by atoms with Crippen molar-refractivity contribution in [2.75, 3.05) is 0 Å². The van der Waals surface area contributed by atoms with Gasteiger partial charge in [0.2, 0.25) is 0 Å². The first-order chi connectivity index (χ1) is 22.0. The molecule has 7 rings (SSSR count). The van der Waals surface area contributed by atoms with E-state index in [2.05, 4.69) is 26.9 Å². The standard InChI is InChI=1S/C30H18F4N4O2S4.C2H6/c1-29(31,32)39-17-7-3-15(4-8-17)19-11-13-21(41-19)23-25-27(37-43-35-25)24(28-26(23)36-44-38-28)22-14-12-20(42-22)16-5-9-18(10-6-16)40-30(2,33)34;1-2/h3-14H,1-2H3;1-2H3. The molecule has 0 N–H and O–H groups in total. The van der Waals surface area contributed by atoms with E-state index in [0.29, 0.717) is 36.3 Å². The Morgan fingerprint density at radius 3 is 1.28 bits per heavy atom. The molecule has 6 aromatic rings. The fraction of sp³-hybridized carbons (Fsp3) is 0.188. The zero-order valence-electron chi connectivity index (χ0n) is 24.7. The lowest BCUT2D eigenvalue weighted by molar-refractivity contribution is -0.159. The summed E-state index contributed by atoms with van der Waals surface area (Å²) in [6, 6.07) is 21.0. The van der Waals surface area contributed by atoms with Crippen molar-refractivity contribution in [2.45, 2.75) is 39.9 Å². The molecule has 0 saturated heterocycles. The molecule has 14 heteroatoms. The Labute approximate surface area is 277 Å². The van der Waals surface area contributed by atoms with E-state index in [9.17, 15) is 17.6 Å². The first kappa shape index (κ1) is 32.0. The maximum Gasteiger partial charge on any atom is 0.394 e. The van der Waals surface area contributed by atoms with Gasteiger partial charge in [0.25, 0.3) is 0 Å². The SMILES string of the molecule is CC.CC(F)(F)Oc1ccc(-c2ccc(-c3c4c(c(-c5ccc(-c6ccc(OC(C)(F)F)cc6)s5)c5nsnc35)N=S=N4)s2)cc1. The Hall–Kier alpha value is -3.98. The molecule has 0 saturated carbocycles. The van der Waals surface area contributed by atoms with Crippen LogP contribution in [0.25, 0.3) is 52.8 Å². The van der Waals surface area contributed by atoms with Gasteiger partial charge in [-0.1, -0.05) is 13.8 Å². The maximum absolute atomic E-state index is 13.2. The van der Waals surface area contributed by atoms with Crippen LogP contribution in [0.3, 0.4) is 0 Å². The molecule has 0 amide bonds. The number of thiophene rings is 2. The van der Waals surface area contributed by atoms with Crippen LogP contribution in [0.15, 0.2) is 81.5 Å². The monoisotopic (exact) mass is 700 g/mol. The average Bonchev–Trinajstić information content (AvgIpc) is 3.83. The molecular weight excluding hydrogens is 677 g/mol. The molecule has 0 spiro atoms. The number of halogens is 4. The van der Waals surface area contributed by atoms with Crippen LogP contribution < -0.4 is 9.47 Å². The third kappa shape index (κ3) is 6.61. The molecule has 0 fully saturated rings. The summed E-state index contributed by atoms with van der Waals surface area (Å²) in [4.78, 5) is 3.73.